The molecule has 1 aliphatic rings. The second kappa shape index (κ2) is 7.09. The molecule has 0 N–H and O–H groups in total. The molecule has 0 saturated heterocycles. The quantitative estimate of drug-likeness (QED) is 0.846. The fraction of sp³-hybridized carbons (Fsp3) is 0.316. The summed E-state index contributed by atoms with van der Waals surface area (Å²) in [5.74, 6) is 1.80. The van der Waals surface area contributed by atoms with Crippen molar-refractivity contribution in [2.24, 2.45) is 0 Å². The van der Waals surface area contributed by atoms with Gasteiger partial charge in [0.15, 0.2) is 6.61 Å². The van der Waals surface area contributed by atoms with Gasteiger partial charge in [0.25, 0.3) is 5.91 Å². The number of anilines is 1. The molecular weight excluding hydrogens is 306 g/mol. The maximum absolute atomic E-state index is 12.6. The monoisotopic (exact) mass is 327 g/mol. The van der Waals surface area contributed by atoms with Crippen LogP contribution in [0.1, 0.15) is 17.5 Å². The summed E-state index contributed by atoms with van der Waals surface area (Å²) < 4.78 is 5.71. The molecule has 0 saturated carbocycles. The van der Waals surface area contributed by atoms with Crippen LogP contribution < -0.4 is 9.64 Å². The van der Waals surface area contributed by atoms with E-state index in [-0.39, 0.29) is 12.5 Å². The van der Waals surface area contributed by atoms with Crippen LogP contribution >= 0.6 is 11.8 Å². The highest BCUT2D eigenvalue weighted by atomic mass is 32.2. The summed E-state index contributed by atoms with van der Waals surface area (Å²) in [5, 5.41) is 0. The Morgan fingerprint density at radius 3 is 2.83 bits per heavy atom. The van der Waals surface area contributed by atoms with Gasteiger partial charge in [-0.05, 0) is 61.4 Å². The third-order valence-electron chi connectivity index (χ3n) is 4.08. The van der Waals surface area contributed by atoms with Gasteiger partial charge in [-0.25, -0.2) is 0 Å². The Morgan fingerprint density at radius 2 is 2.00 bits per heavy atom. The number of carbonyl (C=O) groups excluding carboxylic acids is 1. The van der Waals surface area contributed by atoms with Crippen molar-refractivity contribution in [2.45, 2.75) is 25.2 Å². The van der Waals surface area contributed by atoms with E-state index in [2.05, 4.69) is 13.0 Å². The average molecular weight is 327 g/mol. The lowest BCUT2D eigenvalue weighted by molar-refractivity contribution is -0.120. The molecule has 0 radical (unpaired) electrons. The Labute approximate surface area is 141 Å². The number of amides is 1. The molecule has 23 heavy (non-hydrogen) atoms. The van der Waals surface area contributed by atoms with Crippen molar-refractivity contribution in [3.05, 3.63) is 53.6 Å². The van der Waals surface area contributed by atoms with Crippen LogP contribution in [0.15, 0.2) is 47.4 Å². The SMILES string of the molecule is Cc1ccc(OCC(=O)N2CCCSc3ccccc32)cc1C. The Hall–Kier alpha value is -1.94. The molecule has 3 rings (SSSR count). The van der Waals surface area contributed by atoms with E-state index < -0.39 is 0 Å². The zero-order valence-corrected chi connectivity index (χ0v) is 14.4. The van der Waals surface area contributed by atoms with Crippen LogP contribution in [0.3, 0.4) is 0 Å². The summed E-state index contributed by atoms with van der Waals surface area (Å²) in [7, 11) is 0. The van der Waals surface area contributed by atoms with E-state index in [9.17, 15) is 4.79 Å². The molecule has 4 heteroatoms. The first-order valence-electron chi connectivity index (χ1n) is 7.87. The first-order valence-corrected chi connectivity index (χ1v) is 8.86. The van der Waals surface area contributed by atoms with Crippen LogP contribution in [-0.4, -0.2) is 24.8 Å². The number of benzene rings is 2. The first kappa shape index (κ1) is 15.9. The van der Waals surface area contributed by atoms with E-state index >= 15 is 0 Å². The highest BCUT2D eigenvalue weighted by molar-refractivity contribution is 7.99. The Bertz CT molecular complexity index is 714. The van der Waals surface area contributed by atoms with E-state index in [4.69, 9.17) is 4.74 Å². The first-order chi connectivity index (χ1) is 11.1. The summed E-state index contributed by atoms with van der Waals surface area (Å²) >= 11 is 1.81. The molecule has 1 amide bonds. The number of hydrogen-bond donors (Lipinski definition) is 0. The molecule has 120 valence electrons. The molecular formula is C19H21NO2S. The van der Waals surface area contributed by atoms with Gasteiger partial charge in [-0.1, -0.05) is 18.2 Å². The van der Waals surface area contributed by atoms with Gasteiger partial charge in [0.05, 0.1) is 5.69 Å². The lowest BCUT2D eigenvalue weighted by Gasteiger charge is -2.22. The van der Waals surface area contributed by atoms with Gasteiger partial charge in [-0.3, -0.25) is 4.79 Å². The van der Waals surface area contributed by atoms with Crippen LogP contribution in [0.25, 0.3) is 0 Å². The number of thioether (sulfide) groups is 1. The standard InChI is InChI=1S/C19H21NO2S/c1-14-8-9-16(12-15(14)2)22-13-19(21)20-10-5-11-23-18-7-4-3-6-17(18)20/h3-4,6-9,12H,5,10-11,13H2,1-2H3. The van der Waals surface area contributed by atoms with E-state index in [0.717, 1.165) is 30.2 Å². The molecule has 0 unspecified atom stereocenters. The number of nitrogens with zero attached hydrogens (tertiary/aromatic N) is 1. The molecule has 0 atom stereocenters. The zero-order valence-electron chi connectivity index (χ0n) is 13.5. The van der Waals surface area contributed by atoms with Crippen molar-refractivity contribution in [2.75, 3.05) is 23.8 Å². The summed E-state index contributed by atoms with van der Waals surface area (Å²) in [6, 6.07) is 14.0. The van der Waals surface area contributed by atoms with E-state index in [0.29, 0.717) is 0 Å². The van der Waals surface area contributed by atoms with Gasteiger partial charge in [0.2, 0.25) is 0 Å². The van der Waals surface area contributed by atoms with Crippen LogP contribution in [0.5, 0.6) is 5.75 Å². The minimum atomic E-state index is 0.0122. The van der Waals surface area contributed by atoms with Crippen molar-refractivity contribution in [3.63, 3.8) is 0 Å². The smallest absolute Gasteiger partial charge is 0.264 e. The van der Waals surface area contributed by atoms with E-state index in [1.807, 2.05) is 60.0 Å². The predicted octanol–water partition coefficient (Wildman–Crippen LogP) is 4.21. The largest absolute Gasteiger partial charge is 0.484 e. The fourth-order valence-corrected chi connectivity index (χ4v) is 3.61. The maximum Gasteiger partial charge on any atom is 0.264 e. The van der Waals surface area contributed by atoms with Crippen molar-refractivity contribution >= 4 is 23.4 Å². The zero-order chi connectivity index (χ0) is 16.2. The molecule has 0 aromatic heterocycles. The van der Waals surface area contributed by atoms with Crippen molar-refractivity contribution < 1.29 is 9.53 Å². The number of aryl methyl sites for hydroxylation is 2. The molecule has 3 nitrogen and oxygen atoms in total. The second-order valence-electron chi connectivity index (χ2n) is 5.75. The highest BCUT2D eigenvalue weighted by Crippen LogP contribution is 2.33. The number of carbonyl (C=O) groups is 1. The minimum absolute atomic E-state index is 0.0122. The predicted molar refractivity (Wildman–Crippen MR) is 95.5 cm³/mol. The van der Waals surface area contributed by atoms with E-state index in [1.54, 1.807) is 0 Å². The molecule has 0 fully saturated rings. The van der Waals surface area contributed by atoms with Crippen molar-refractivity contribution in [1.29, 1.82) is 0 Å². The van der Waals surface area contributed by atoms with Gasteiger partial charge in [-0.2, -0.15) is 0 Å². The number of hydrogen-bond acceptors (Lipinski definition) is 3. The van der Waals surface area contributed by atoms with Gasteiger partial charge < -0.3 is 9.64 Å². The number of para-hydroxylation sites is 1. The van der Waals surface area contributed by atoms with Crippen LogP contribution in [0.4, 0.5) is 5.69 Å². The summed E-state index contributed by atoms with van der Waals surface area (Å²) in [5.41, 5.74) is 3.40. The molecule has 0 aliphatic carbocycles. The number of fused-ring (bicyclic) bond motifs is 1. The van der Waals surface area contributed by atoms with E-state index in [1.165, 1.54) is 16.0 Å². The van der Waals surface area contributed by atoms with Gasteiger partial charge in [0.1, 0.15) is 5.75 Å². The van der Waals surface area contributed by atoms with Crippen LogP contribution in [-0.2, 0) is 4.79 Å². The summed E-state index contributed by atoms with van der Waals surface area (Å²) in [6.07, 6.45) is 0.995. The lowest BCUT2D eigenvalue weighted by atomic mass is 10.1. The molecule has 1 aliphatic heterocycles. The second-order valence-corrected chi connectivity index (χ2v) is 6.89. The number of rotatable bonds is 3. The maximum atomic E-state index is 12.6. The van der Waals surface area contributed by atoms with Crippen molar-refractivity contribution in [3.8, 4) is 5.75 Å². The third kappa shape index (κ3) is 3.70. The van der Waals surface area contributed by atoms with Crippen LogP contribution in [0.2, 0.25) is 0 Å². The van der Waals surface area contributed by atoms with Crippen molar-refractivity contribution in [1.82, 2.24) is 0 Å². The Kier molecular flexibility index (Phi) is 4.91. The fourth-order valence-electron chi connectivity index (χ4n) is 2.61. The molecule has 2 aromatic rings. The molecule has 0 bridgehead atoms. The van der Waals surface area contributed by atoms with Gasteiger partial charge in [-0.15, -0.1) is 11.8 Å². The van der Waals surface area contributed by atoms with Crippen LogP contribution in [0, 0.1) is 13.8 Å². The Morgan fingerprint density at radius 1 is 1.17 bits per heavy atom. The minimum Gasteiger partial charge on any atom is -0.484 e. The Balaban J connectivity index is 1.71. The molecule has 2 aromatic carbocycles. The number of ether oxygens (including phenoxy) is 1. The summed E-state index contributed by atoms with van der Waals surface area (Å²) in [4.78, 5) is 15.7. The lowest BCUT2D eigenvalue weighted by Crippen LogP contribution is -2.35. The van der Waals surface area contributed by atoms with Gasteiger partial charge in [0, 0.05) is 11.4 Å². The normalized spacial score (nSPS) is 14.1. The topological polar surface area (TPSA) is 29.5 Å². The average Bonchev–Trinajstić information content (AvgIpc) is 2.78. The molecule has 1 heterocycles. The molecule has 0 spiro atoms. The highest BCUT2D eigenvalue weighted by Gasteiger charge is 2.21. The summed E-state index contributed by atoms with van der Waals surface area (Å²) in [6.45, 7) is 4.93. The van der Waals surface area contributed by atoms with Gasteiger partial charge >= 0.3 is 0 Å². The third-order valence-corrected chi connectivity index (χ3v) is 5.23.